The molecule has 1 amide bonds. The predicted molar refractivity (Wildman–Crippen MR) is 74.0 cm³/mol. The Balaban J connectivity index is 2.24. The molecule has 7 heteroatoms. The van der Waals surface area contributed by atoms with Crippen molar-refractivity contribution in [3.63, 3.8) is 0 Å². The first-order valence-corrected chi connectivity index (χ1v) is 6.64. The molecule has 6 nitrogen and oxygen atoms in total. The van der Waals surface area contributed by atoms with Crippen molar-refractivity contribution in [2.75, 3.05) is 13.2 Å². The average molecular weight is 299 g/mol. The van der Waals surface area contributed by atoms with Crippen molar-refractivity contribution in [2.24, 2.45) is 0 Å². The van der Waals surface area contributed by atoms with E-state index in [2.05, 4.69) is 0 Å². The van der Waals surface area contributed by atoms with Gasteiger partial charge >= 0.3 is 0 Å². The van der Waals surface area contributed by atoms with Gasteiger partial charge < -0.3 is 9.64 Å². The number of nitro groups is 1. The van der Waals surface area contributed by atoms with Crippen LogP contribution in [-0.2, 0) is 4.74 Å². The summed E-state index contributed by atoms with van der Waals surface area (Å²) in [4.78, 5) is 24.3. The minimum Gasteiger partial charge on any atom is -0.375 e. The van der Waals surface area contributed by atoms with Crippen molar-refractivity contribution in [3.05, 3.63) is 38.9 Å². The molecule has 2 unspecified atom stereocenters. The van der Waals surface area contributed by atoms with Gasteiger partial charge in [0.1, 0.15) is 5.02 Å². The first kappa shape index (κ1) is 14.7. The van der Waals surface area contributed by atoms with Crippen LogP contribution < -0.4 is 0 Å². The van der Waals surface area contributed by atoms with Crippen LogP contribution in [0, 0.1) is 10.1 Å². The third-order valence-corrected chi connectivity index (χ3v) is 3.56. The lowest BCUT2D eigenvalue weighted by Crippen LogP contribution is -2.50. The molecule has 1 aliphatic heterocycles. The summed E-state index contributed by atoms with van der Waals surface area (Å²) >= 11 is 5.84. The molecule has 20 heavy (non-hydrogen) atoms. The molecule has 2 rings (SSSR count). The van der Waals surface area contributed by atoms with E-state index in [1.54, 1.807) is 4.90 Å². The zero-order chi connectivity index (χ0) is 14.9. The van der Waals surface area contributed by atoms with E-state index in [1.165, 1.54) is 18.2 Å². The monoisotopic (exact) mass is 298 g/mol. The van der Waals surface area contributed by atoms with Gasteiger partial charge in [-0.3, -0.25) is 14.9 Å². The third kappa shape index (κ3) is 2.91. The molecular weight excluding hydrogens is 284 g/mol. The lowest BCUT2D eigenvalue weighted by Gasteiger charge is -2.36. The molecule has 108 valence electrons. The second kappa shape index (κ2) is 5.76. The summed E-state index contributed by atoms with van der Waals surface area (Å²) in [5, 5.41) is 10.7. The Morgan fingerprint density at radius 2 is 2.20 bits per heavy atom. The van der Waals surface area contributed by atoms with Gasteiger partial charge in [-0.1, -0.05) is 11.6 Å². The highest BCUT2D eigenvalue weighted by Crippen LogP contribution is 2.26. The summed E-state index contributed by atoms with van der Waals surface area (Å²) in [5.41, 5.74) is 0.146. The highest BCUT2D eigenvalue weighted by Gasteiger charge is 2.29. The van der Waals surface area contributed by atoms with Crippen LogP contribution in [0.4, 0.5) is 5.69 Å². The Morgan fingerprint density at radius 3 is 2.80 bits per heavy atom. The number of hydrogen-bond acceptors (Lipinski definition) is 4. The molecule has 2 atom stereocenters. The maximum absolute atomic E-state index is 12.4. The van der Waals surface area contributed by atoms with E-state index in [1.807, 2.05) is 13.8 Å². The van der Waals surface area contributed by atoms with Crippen molar-refractivity contribution < 1.29 is 14.5 Å². The lowest BCUT2D eigenvalue weighted by molar-refractivity contribution is -0.384. The molecule has 1 fully saturated rings. The smallest absolute Gasteiger partial charge is 0.287 e. The van der Waals surface area contributed by atoms with E-state index in [4.69, 9.17) is 16.3 Å². The molecule has 0 radical (unpaired) electrons. The molecular formula is C13H15ClN2O4. The fourth-order valence-electron chi connectivity index (χ4n) is 2.14. The lowest BCUT2D eigenvalue weighted by atomic mass is 10.1. The summed E-state index contributed by atoms with van der Waals surface area (Å²) in [6.45, 7) is 4.77. The van der Waals surface area contributed by atoms with Gasteiger partial charge in [-0.15, -0.1) is 0 Å². The number of halogens is 1. The first-order chi connectivity index (χ1) is 9.40. The minimum atomic E-state index is -0.573. The molecule has 1 aromatic carbocycles. The van der Waals surface area contributed by atoms with Gasteiger partial charge in [0.2, 0.25) is 0 Å². The molecule has 1 saturated heterocycles. The Hall–Kier alpha value is -1.66. The summed E-state index contributed by atoms with van der Waals surface area (Å²) in [5.74, 6) is -0.190. The molecule has 1 aromatic rings. The zero-order valence-corrected chi connectivity index (χ0v) is 12.0. The summed E-state index contributed by atoms with van der Waals surface area (Å²) in [6, 6.07) is 3.99. The molecule has 0 N–H and O–H groups in total. The van der Waals surface area contributed by atoms with Gasteiger partial charge in [0.15, 0.2) is 0 Å². The molecule has 0 bridgehead atoms. The molecule has 0 aliphatic carbocycles. The van der Waals surface area contributed by atoms with Crippen LogP contribution in [0.2, 0.25) is 5.02 Å². The van der Waals surface area contributed by atoms with Crippen LogP contribution in [-0.4, -0.2) is 41.0 Å². The number of nitrogens with zero attached hydrogens (tertiary/aromatic N) is 2. The van der Waals surface area contributed by atoms with Crippen molar-refractivity contribution in [2.45, 2.75) is 26.0 Å². The van der Waals surface area contributed by atoms with Gasteiger partial charge in [0.25, 0.3) is 11.6 Å². The van der Waals surface area contributed by atoms with Crippen LogP contribution in [0.5, 0.6) is 0 Å². The Labute approximate surface area is 121 Å². The van der Waals surface area contributed by atoms with E-state index >= 15 is 0 Å². The first-order valence-electron chi connectivity index (χ1n) is 6.26. The van der Waals surface area contributed by atoms with Crippen LogP contribution in [0.3, 0.4) is 0 Å². The molecule has 1 heterocycles. The Bertz CT molecular complexity index is 549. The van der Waals surface area contributed by atoms with Crippen LogP contribution in [0.15, 0.2) is 18.2 Å². The predicted octanol–water partition coefficient (Wildman–Crippen LogP) is 2.50. The summed E-state index contributed by atoms with van der Waals surface area (Å²) in [6.07, 6.45) is -0.0244. The number of nitro benzene ring substituents is 1. The number of carbonyl (C=O) groups is 1. The van der Waals surface area contributed by atoms with Gasteiger partial charge in [0.05, 0.1) is 23.7 Å². The SMILES string of the molecule is CC1CN(C(=O)c2ccc([N+](=O)[O-])c(Cl)c2)C(C)CO1. The largest absolute Gasteiger partial charge is 0.375 e. The van der Waals surface area contributed by atoms with Crippen molar-refractivity contribution >= 4 is 23.2 Å². The Morgan fingerprint density at radius 1 is 1.50 bits per heavy atom. The molecule has 1 aliphatic rings. The number of carbonyl (C=O) groups excluding carboxylic acids is 1. The van der Waals surface area contributed by atoms with E-state index in [-0.39, 0.29) is 28.8 Å². The highest BCUT2D eigenvalue weighted by atomic mass is 35.5. The zero-order valence-electron chi connectivity index (χ0n) is 11.2. The van der Waals surface area contributed by atoms with Crippen molar-refractivity contribution in [1.29, 1.82) is 0 Å². The number of benzene rings is 1. The van der Waals surface area contributed by atoms with E-state index in [9.17, 15) is 14.9 Å². The maximum Gasteiger partial charge on any atom is 0.287 e. The fraction of sp³-hybridized carbons (Fsp3) is 0.462. The topological polar surface area (TPSA) is 72.7 Å². The standard InChI is InChI=1S/C13H15ClN2O4/c1-8-7-20-9(2)6-15(8)13(17)10-3-4-12(16(18)19)11(14)5-10/h3-5,8-9H,6-7H2,1-2H3. The van der Waals surface area contributed by atoms with Gasteiger partial charge in [-0.25, -0.2) is 0 Å². The Kier molecular flexibility index (Phi) is 4.25. The van der Waals surface area contributed by atoms with E-state index in [0.29, 0.717) is 18.7 Å². The van der Waals surface area contributed by atoms with Crippen molar-refractivity contribution in [1.82, 2.24) is 4.90 Å². The molecule has 0 aromatic heterocycles. The number of morpholine rings is 1. The number of amides is 1. The van der Waals surface area contributed by atoms with Gasteiger partial charge in [-0.2, -0.15) is 0 Å². The van der Waals surface area contributed by atoms with Crippen LogP contribution in [0.1, 0.15) is 24.2 Å². The third-order valence-electron chi connectivity index (χ3n) is 3.26. The second-order valence-electron chi connectivity index (χ2n) is 4.87. The van der Waals surface area contributed by atoms with Crippen LogP contribution >= 0.6 is 11.6 Å². The average Bonchev–Trinajstić information content (AvgIpc) is 2.40. The maximum atomic E-state index is 12.4. The van der Waals surface area contributed by atoms with E-state index < -0.39 is 4.92 Å². The fourth-order valence-corrected chi connectivity index (χ4v) is 2.39. The van der Waals surface area contributed by atoms with Crippen molar-refractivity contribution in [3.8, 4) is 0 Å². The van der Waals surface area contributed by atoms with Gasteiger partial charge in [0, 0.05) is 18.2 Å². The summed E-state index contributed by atoms with van der Waals surface area (Å²) < 4.78 is 5.47. The highest BCUT2D eigenvalue weighted by molar-refractivity contribution is 6.33. The quantitative estimate of drug-likeness (QED) is 0.621. The van der Waals surface area contributed by atoms with Gasteiger partial charge in [-0.05, 0) is 26.0 Å². The molecule has 0 spiro atoms. The normalized spacial score (nSPS) is 22.6. The molecule has 0 saturated carbocycles. The van der Waals surface area contributed by atoms with E-state index in [0.717, 1.165) is 0 Å². The number of hydrogen-bond donors (Lipinski definition) is 0. The van der Waals surface area contributed by atoms with Crippen LogP contribution in [0.25, 0.3) is 0 Å². The number of ether oxygens (including phenoxy) is 1. The second-order valence-corrected chi connectivity index (χ2v) is 5.28. The number of rotatable bonds is 2. The minimum absolute atomic E-state index is 0.0244. The summed E-state index contributed by atoms with van der Waals surface area (Å²) in [7, 11) is 0.